The molecule has 1 aromatic heterocycles. The van der Waals surface area contributed by atoms with Crippen molar-refractivity contribution >= 4 is 5.91 Å². The van der Waals surface area contributed by atoms with Crippen LogP contribution in [0.2, 0.25) is 0 Å². The average molecular weight is 379 g/mol. The Hall–Kier alpha value is -3.48. The summed E-state index contributed by atoms with van der Waals surface area (Å²) in [6.07, 6.45) is 2.27. The molecule has 4 rings (SSSR count). The van der Waals surface area contributed by atoms with Gasteiger partial charge in [-0.3, -0.25) is 9.89 Å². The third kappa shape index (κ3) is 3.78. The molecule has 0 saturated carbocycles. The minimum atomic E-state index is -0.174. The Kier molecular flexibility index (Phi) is 5.14. The number of aromatic nitrogens is 2. The van der Waals surface area contributed by atoms with E-state index in [0.29, 0.717) is 42.5 Å². The molecule has 0 fully saturated rings. The fourth-order valence-electron chi connectivity index (χ4n) is 3.09. The predicted molar refractivity (Wildman–Crippen MR) is 104 cm³/mol. The Morgan fingerprint density at radius 3 is 2.71 bits per heavy atom. The van der Waals surface area contributed by atoms with E-state index < -0.39 is 0 Å². The number of hydrogen-bond donors (Lipinski definition) is 2. The second-order valence-corrected chi connectivity index (χ2v) is 6.37. The van der Waals surface area contributed by atoms with Gasteiger partial charge in [0.25, 0.3) is 5.91 Å². The zero-order chi connectivity index (χ0) is 19.3. The molecule has 144 valence electrons. The van der Waals surface area contributed by atoms with Gasteiger partial charge in [0.2, 0.25) is 0 Å². The predicted octanol–water partition coefficient (Wildman–Crippen LogP) is 2.83. The Labute approximate surface area is 162 Å². The van der Waals surface area contributed by atoms with Crippen molar-refractivity contribution in [2.75, 3.05) is 26.9 Å². The zero-order valence-electron chi connectivity index (χ0n) is 15.5. The summed E-state index contributed by atoms with van der Waals surface area (Å²) in [7, 11) is 1.64. The molecule has 0 unspecified atom stereocenters. The second kappa shape index (κ2) is 8.04. The lowest BCUT2D eigenvalue weighted by Gasteiger charge is -2.18. The SMILES string of the molecule is COc1ccc(CCNC(=O)c2cn[nH]c2-c2ccc3c(c2)OCCO3)cc1. The molecule has 7 nitrogen and oxygen atoms in total. The van der Waals surface area contributed by atoms with E-state index in [1.54, 1.807) is 7.11 Å². The van der Waals surface area contributed by atoms with Crippen LogP contribution in [0.1, 0.15) is 15.9 Å². The molecular weight excluding hydrogens is 358 g/mol. The van der Waals surface area contributed by atoms with Crippen LogP contribution in [0.15, 0.2) is 48.7 Å². The third-order valence-corrected chi connectivity index (χ3v) is 4.57. The number of carbonyl (C=O) groups excluding carboxylic acids is 1. The number of methoxy groups -OCH3 is 1. The Morgan fingerprint density at radius 2 is 1.93 bits per heavy atom. The van der Waals surface area contributed by atoms with Gasteiger partial charge in [0.1, 0.15) is 19.0 Å². The van der Waals surface area contributed by atoms with E-state index in [9.17, 15) is 4.79 Å². The van der Waals surface area contributed by atoms with Crippen molar-refractivity contribution in [2.45, 2.75) is 6.42 Å². The van der Waals surface area contributed by atoms with Gasteiger partial charge in [-0.2, -0.15) is 5.10 Å². The first kappa shape index (κ1) is 17.9. The Balaban J connectivity index is 1.42. The summed E-state index contributed by atoms with van der Waals surface area (Å²) in [5, 5.41) is 9.90. The number of amides is 1. The molecule has 28 heavy (non-hydrogen) atoms. The van der Waals surface area contributed by atoms with Crippen LogP contribution in [0.5, 0.6) is 17.2 Å². The van der Waals surface area contributed by atoms with Crippen LogP contribution >= 0.6 is 0 Å². The van der Waals surface area contributed by atoms with E-state index in [1.165, 1.54) is 6.20 Å². The molecule has 2 heterocycles. The molecule has 1 aliphatic heterocycles. The number of ether oxygens (including phenoxy) is 3. The summed E-state index contributed by atoms with van der Waals surface area (Å²) in [5.74, 6) is 2.02. The van der Waals surface area contributed by atoms with Crippen molar-refractivity contribution in [3.63, 3.8) is 0 Å². The maximum atomic E-state index is 12.6. The molecule has 2 aromatic carbocycles. The van der Waals surface area contributed by atoms with E-state index in [1.807, 2.05) is 42.5 Å². The molecule has 0 atom stereocenters. The molecule has 1 aliphatic rings. The van der Waals surface area contributed by atoms with Crippen LogP contribution in [0, 0.1) is 0 Å². The minimum Gasteiger partial charge on any atom is -0.497 e. The largest absolute Gasteiger partial charge is 0.497 e. The number of fused-ring (bicyclic) bond motifs is 1. The normalized spacial score (nSPS) is 12.5. The van der Waals surface area contributed by atoms with Crippen LogP contribution in [-0.4, -0.2) is 43.0 Å². The average Bonchev–Trinajstić information content (AvgIpc) is 3.24. The molecule has 0 aliphatic carbocycles. The number of nitrogens with zero attached hydrogens (tertiary/aromatic N) is 1. The number of rotatable bonds is 6. The van der Waals surface area contributed by atoms with Gasteiger partial charge in [0.05, 0.1) is 24.6 Å². The van der Waals surface area contributed by atoms with Crippen molar-refractivity contribution < 1.29 is 19.0 Å². The lowest BCUT2D eigenvalue weighted by Crippen LogP contribution is -2.25. The summed E-state index contributed by atoms with van der Waals surface area (Å²) < 4.78 is 16.3. The zero-order valence-corrected chi connectivity index (χ0v) is 15.5. The minimum absolute atomic E-state index is 0.174. The number of aromatic amines is 1. The van der Waals surface area contributed by atoms with Crippen LogP contribution < -0.4 is 19.5 Å². The molecule has 2 N–H and O–H groups in total. The molecule has 0 radical (unpaired) electrons. The van der Waals surface area contributed by atoms with Crippen LogP contribution in [0.4, 0.5) is 0 Å². The summed E-state index contributed by atoms with van der Waals surface area (Å²) >= 11 is 0. The monoisotopic (exact) mass is 379 g/mol. The van der Waals surface area contributed by atoms with Crippen molar-refractivity contribution in [2.24, 2.45) is 0 Å². The lowest BCUT2D eigenvalue weighted by molar-refractivity contribution is 0.0955. The second-order valence-electron chi connectivity index (χ2n) is 6.37. The van der Waals surface area contributed by atoms with Gasteiger partial charge >= 0.3 is 0 Å². The van der Waals surface area contributed by atoms with E-state index >= 15 is 0 Å². The summed E-state index contributed by atoms with van der Waals surface area (Å²) in [6, 6.07) is 13.4. The summed E-state index contributed by atoms with van der Waals surface area (Å²) in [4.78, 5) is 12.6. The van der Waals surface area contributed by atoms with Gasteiger partial charge in [-0.25, -0.2) is 0 Å². The molecule has 0 saturated heterocycles. The van der Waals surface area contributed by atoms with Gasteiger partial charge in [0, 0.05) is 12.1 Å². The van der Waals surface area contributed by atoms with Crippen molar-refractivity contribution in [1.29, 1.82) is 0 Å². The van der Waals surface area contributed by atoms with Crippen LogP contribution in [0.3, 0.4) is 0 Å². The molecule has 7 heteroatoms. The third-order valence-electron chi connectivity index (χ3n) is 4.57. The Bertz CT molecular complexity index is 966. The smallest absolute Gasteiger partial charge is 0.255 e. The van der Waals surface area contributed by atoms with E-state index in [0.717, 1.165) is 23.3 Å². The number of nitrogens with one attached hydrogen (secondary N) is 2. The molecule has 1 amide bonds. The number of H-pyrrole nitrogens is 1. The quantitative estimate of drug-likeness (QED) is 0.688. The highest BCUT2D eigenvalue weighted by Gasteiger charge is 2.18. The van der Waals surface area contributed by atoms with Crippen molar-refractivity contribution in [3.8, 4) is 28.5 Å². The van der Waals surface area contributed by atoms with E-state index in [2.05, 4.69) is 15.5 Å². The van der Waals surface area contributed by atoms with Gasteiger partial charge in [-0.1, -0.05) is 12.1 Å². The van der Waals surface area contributed by atoms with Gasteiger partial charge < -0.3 is 19.5 Å². The van der Waals surface area contributed by atoms with Crippen molar-refractivity contribution in [1.82, 2.24) is 15.5 Å². The first-order valence-electron chi connectivity index (χ1n) is 9.09. The highest BCUT2D eigenvalue weighted by molar-refractivity contribution is 5.99. The van der Waals surface area contributed by atoms with Crippen LogP contribution in [-0.2, 0) is 6.42 Å². The first-order valence-corrected chi connectivity index (χ1v) is 9.09. The van der Waals surface area contributed by atoms with E-state index in [-0.39, 0.29) is 5.91 Å². The fourth-order valence-corrected chi connectivity index (χ4v) is 3.09. The fraction of sp³-hybridized carbons (Fsp3) is 0.238. The maximum Gasteiger partial charge on any atom is 0.255 e. The number of hydrogen-bond acceptors (Lipinski definition) is 5. The van der Waals surface area contributed by atoms with Gasteiger partial charge in [0.15, 0.2) is 11.5 Å². The highest BCUT2D eigenvalue weighted by Crippen LogP contribution is 2.34. The van der Waals surface area contributed by atoms with Crippen molar-refractivity contribution in [3.05, 3.63) is 59.8 Å². The number of carbonyl (C=O) groups is 1. The topological polar surface area (TPSA) is 85.5 Å². The molecule has 0 bridgehead atoms. The van der Waals surface area contributed by atoms with Gasteiger partial charge in [-0.05, 0) is 42.3 Å². The number of benzene rings is 2. The van der Waals surface area contributed by atoms with Crippen LogP contribution in [0.25, 0.3) is 11.3 Å². The summed E-state index contributed by atoms with van der Waals surface area (Å²) in [5.41, 5.74) is 3.09. The van der Waals surface area contributed by atoms with Gasteiger partial charge in [-0.15, -0.1) is 0 Å². The lowest BCUT2D eigenvalue weighted by atomic mass is 10.1. The standard InChI is InChI=1S/C21H21N3O4/c1-26-16-5-2-14(3-6-16)8-9-22-21(25)17-13-23-24-20(17)15-4-7-18-19(12-15)28-11-10-27-18/h2-7,12-13H,8-11H2,1H3,(H,22,25)(H,23,24). The first-order chi connectivity index (χ1) is 13.7. The Morgan fingerprint density at radius 1 is 1.14 bits per heavy atom. The maximum absolute atomic E-state index is 12.6. The molecular formula is C21H21N3O4. The van der Waals surface area contributed by atoms with E-state index in [4.69, 9.17) is 14.2 Å². The molecule has 3 aromatic rings. The molecule has 0 spiro atoms. The summed E-state index contributed by atoms with van der Waals surface area (Å²) in [6.45, 7) is 1.58. The highest BCUT2D eigenvalue weighted by atomic mass is 16.6.